The topological polar surface area (TPSA) is 3.88 Å². The molecule has 10 heteroatoms. The third-order valence-electron chi connectivity index (χ3n) is 6.95. The van der Waals surface area contributed by atoms with E-state index in [4.69, 9.17) is 23.2 Å². The summed E-state index contributed by atoms with van der Waals surface area (Å²) in [5, 5.41) is 1.53. The second-order valence-electron chi connectivity index (χ2n) is 9.26. The zero-order valence-corrected chi connectivity index (χ0v) is 21.4. The summed E-state index contributed by atoms with van der Waals surface area (Å²) < 4.78 is 61.7. The van der Waals surface area contributed by atoms with E-state index in [9.17, 15) is 25.2 Å². The molecular weight excluding hydrogens is 554 g/mol. The van der Waals surface area contributed by atoms with Gasteiger partial charge in [-0.25, -0.2) is 0 Å². The number of rotatable bonds is 2. The Morgan fingerprint density at radius 1 is 0.649 bits per heavy atom. The van der Waals surface area contributed by atoms with E-state index in [1.807, 2.05) is 24.3 Å². The van der Waals surface area contributed by atoms with Crippen LogP contribution in [0.3, 0.4) is 0 Å². The summed E-state index contributed by atoms with van der Waals surface area (Å²) in [4.78, 5) is 0. The molecule has 3 aliphatic rings. The molecule has 0 saturated carbocycles. The summed E-state index contributed by atoms with van der Waals surface area (Å²) in [5.74, 6) is 0.210. The van der Waals surface area contributed by atoms with Gasteiger partial charge in [0.15, 0.2) is 17.9 Å². The average Bonchev–Trinajstić information content (AvgIpc) is 2.83. The molecule has 1 aliphatic carbocycles. The van der Waals surface area contributed by atoms with Gasteiger partial charge in [-0.2, -0.15) is 4.57 Å². The standard InChI is InChI=1S/C27H20Cl2N.F6P/c28-20-12-8-18(9-13-20)27(19-10-14-21(29)15-11-19)17-25-22-5-1-2-6-23(22)26(27)24-7-3-4-16-30(24)25;1-7(2,3,4,5)6/h1-16,25-26H,17H2;/q+1;-1/t25-,26+;/m1./s1. The number of benzene rings is 3. The SMILES string of the molecule is Clc1ccc(C2(c3ccc(Cl)cc3)C[C@@H]3c4ccccc4[C@H]2c2cccc[n+]23)cc1.F[P-](F)(F)(F)(F)F. The number of aromatic nitrogens is 1. The van der Waals surface area contributed by atoms with Crippen molar-refractivity contribution in [3.8, 4) is 0 Å². The van der Waals surface area contributed by atoms with Crippen LogP contribution in [0.15, 0.2) is 97.2 Å². The third-order valence-corrected chi connectivity index (χ3v) is 7.45. The van der Waals surface area contributed by atoms with Crippen molar-refractivity contribution >= 4 is 31.0 Å². The van der Waals surface area contributed by atoms with Gasteiger partial charge in [0.05, 0.1) is 5.92 Å². The van der Waals surface area contributed by atoms with Crippen LogP contribution in [0.4, 0.5) is 25.2 Å². The van der Waals surface area contributed by atoms with Crippen molar-refractivity contribution in [1.29, 1.82) is 0 Å². The molecule has 2 atom stereocenters. The summed E-state index contributed by atoms with van der Waals surface area (Å²) in [5.41, 5.74) is 6.63. The van der Waals surface area contributed by atoms with Gasteiger partial charge in [0.2, 0.25) is 0 Å². The summed E-state index contributed by atoms with van der Waals surface area (Å²) in [6.45, 7) is 0. The van der Waals surface area contributed by atoms with Crippen LogP contribution >= 0.6 is 31.0 Å². The van der Waals surface area contributed by atoms with Crippen LogP contribution in [0.5, 0.6) is 0 Å². The molecule has 2 bridgehead atoms. The van der Waals surface area contributed by atoms with Gasteiger partial charge in [-0.1, -0.05) is 77.8 Å². The van der Waals surface area contributed by atoms with Gasteiger partial charge in [0.1, 0.15) is 0 Å². The molecule has 0 N–H and O–H groups in total. The number of nitrogens with zero attached hydrogens (tertiary/aromatic N) is 1. The monoisotopic (exact) mass is 573 g/mol. The molecule has 0 spiro atoms. The molecule has 0 fully saturated rings. The predicted molar refractivity (Wildman–Crippen MR) is 135 cm³/mol. The molecule has 4 aromatic rings. The second kappa shape index (κ2) is 8.20. The van der Waals surface area contributed by atoms with Crippen molar-refractivity contribution in [3.63, 3.8) is 0 Å². The molecular formula is C27H20Cl2F6NP. The summed E-state index contributed by atoms with van der Waals surface area (Å²) >= 11 is 12.6. The maximum atomic E-state index is 9.87. The van der Waals surface area contributed by atoms with Crippen molar-refractivity contribution < 1.29 is 29.7 Å². The Hall–Kier alpha value is -2.60. The van der Waals surface area contributed by atoms with E-state index in [1.54, 1.807) is 0 Å². The van der Waals surface area contributed by atoms with E-state index in [0.717, 1.165) is 16.5 Å². The fourth-order valence-corrected chi connectivity index (χ4v) is 6.02. The van der Waals surface area contributed by atoms with Crippen molar-refractivity contribution in [2.24, 2.45) is 0 Å². The Morgan fingerprint density at radius 2 is 1.11 bits per heavy atom. The zero-order chi connectivity index (χ0) is 26.7. The van der Waals surface area contributed by atoms with Gasteiger partial charge in [-0.15, -0.1) is 0 Å². The van der Waals surface area contributed by atoms with Crippen molar-refractivity contribution in [2.45, 2.75) is 23.8 Å². The van der Waals surface area contributed by atoms with Crippen molar-refractivity contribution in [1.82, 2.24) is 0 Å². The molecule has 0 amide bonds. The van der Waals surface area contributed by atoms with E-state index >= 15 is 0 Å². The summed E-state index contributed by atoms with van der Waals surface area (Å²) in [6.07, 6.45) is 3.23. The molecule has 7 rings (SSSR count). The van der Waals surface area contributed by atoms with Gasteiger partial charge < -0.3 is 0 Å². The number of fused-ring (bicyclic) bond motifs is 1. The molecule has 37 heavy (non-hydrogen) atoms. The van der Waals surface area contributed by atoms with Crippen LogP contribution in [0.1, 0.15) is 46.3 Å². The van der Waals surface area contributed by atoms with E-state index in [0.29, 0.717) is 0 Å². The number of pyridine rings is 1. The van der Waals surface area contributed by atoms with Crippen LogP contribution in [0.2, 0.25) is 10.0 Å². The first kappa shape index (κ1) is 26.0. The molecule has 3 aromatic carbocycles. The number of hydrogen-bond acceptors (Lipinski definition) is 0. The fourth-order valence-electron chi connectivity index (χ4n) is 5.76. The molecule has 1 nitrogen and oxygen atoms in total. The molecule has 1 aromatic heterocycles. The van der Waals surface area contributed by atoms with E-state index < -0.39 is 7.81 Å². The van der Waals surface area contributed by atoms with E-state index in [2.05, 4.69) is 77.5 Å². The van der Waals surface area contributed by atoms with Gasteiger partial charge in [0, 0.05) is 39.6 Å². The van der Waals surface area contributed by atoms with Crippen molar-refractivity contribution in [3.05, 3.63) is 135 Å². The molecule has 3 heterocycles. The Balaban J connectivity index is 0.000000355. The Labute approximate surface area is 219 Å². The van der Waals surface area contributed by atoms with Crippen LogP contribution < -0.4 is 4.57 Å². The van der Waals surface area contributed by atoms with Crippen LogP contribution in [-0.4, -0.2) is 0 Å². The molecule has 0 unspecified atom stereocenters. The predicted octanol–water partition coefficient (Wildman–Crippen LogP) is 10.1. The first-order valence-electron chi connectivity index (χ1n) is 11.3. The van der Waals surface area contributed by atoms with Gasteiger partial charge in [0.25, 0.3) is 0 Å². The average molecular weight is 574 g/mol. The number of halogens is 8. The molecule has 194 valence electrons. The van der Waals surface area contributed by atoms with Crippen LogP contribution in [-0.2, 0) is 5.41 Å². The van der Waals surface area contributed by atoms with Gasteiger partial charge in [-0.3, -0.25) is 0 Å². The first-order chi connectivity index (χ1) is 17.1. The summed E-state index contributed by atoms with van der Waals surface area (Å²) in [6, 6.07) is 32.7. The molecule has 2 aliphatic heterocycles. The van der Waals surface area contributed by atoms with Gasteiger partial charge in [-0.05, 0) is 41.0 Å². The minimum atomic E-state index is -10.7. The quantitative estimate of drug-likeness (QED) is 0.127. The normalized spacial score (nSPS) is 21.0. The number of hydrogen-bond donors (Lipinski definition) is 0. The van der Waals surface area contributed by atoms with Crippen LogP contribution in [0.25, 0.3) is 0 Å². The molecule has 0 saturated heterocycles. The maximum absolute atomic E-state index is 10.7. The summed E-state index contributed by atoms with van der Waals surface area (Å²) in [7, 11) is -10.7. The van der Waals surface area contributed by atoms with Crippen LogP contribution in [0, 0.1) is 0 Å². The van der Waals surface area contributed by atoms with Crippen molar-refractivity contribution in [2.75, 3.05) is 0 Å². The molecule has 0 radical (unpaired) electrons. The fraction of sp³-hybridized carbons (Fsp3) is 0.148. The zero-order valence-electron chi connectivity index (χ0n) is 19.0. The second-order valence-corrected chi connectivity index (χ2v) is 12.0. The minimum absolute atomic E-state index is 0.185. The Bertz CT molecular complexity index is 1370. The third kappa shape index (κ3) is 5.36. The Kier molecular flexibility index (Phi) is 5.77. The van der Waals surface area contributed by atoms with Gasteiger partial charge >= 0.3 is 33.0 Å². The Morgan fingerprint density at radius 3 is 1.62 bits per heavy atom. The van der Waals surface area contributed by atoms with E-state index in [1.165, 1.54) is 27.9 Å². The van der Waals surface area contributed by atoms with E-state index in [-0.39, 0.29) is 17.4 Å². The first-order valence-corrected chi connectivity index (χ1v) is 14.1.